The number of amides is 1. The van der Waals surface area contributed by atoms with E-state index in [4.69, 9.17) is 0 Å². The Balaban J connectivity index is 1.51. The maximum Gasteiger partial charge on any atom is 0.243 e. The zero-order valence-electron chi connectivity index (χ0n) is 21.0. The van der Waals surface area contributed by atoms with Gasteiger partial charge in [-0.15, -0.1) is 0 Å². The number of halogens is 2. The summed E-state index contributed by atoms with van der Waals surface area (Å²) in [6.07, 6.45) is 2.16. The number of benzene rings is 3. The van der Waals surface area contributed by atoms with Crippen molar-refractivity contribution in [3.8, 4) is 0 Å². The zero-order chi connectivity index (χ0) is 26.6. The Bertz CT molecular complexity index is 1290. The van der Waals surface area contributed by atoms with E-state index in [1.807, 2.05) is 48.5 Å². The second kappa shape index (κ2) is 12.2. The van der Waals surface area contributed by atoms with Crippen molar-refractivity contribution < 1.29 is 13.2 Å². The molecule has 4 rings (SSSR count). The predicted octanol–water partition coefficient (Wildman–Crippen LogP) is 6.92. The summed E-state index contributed by atoms with van der Waals surface area (Å²) in [7, 11) is -3.57. The highest BCUT2D eigenvalue weighted by molar-refractivity contribution is 9.10. The van der Waals surface area contributed by atoms with Crippen LogP contribution in [0, 0.1) is 17.8 Å². The first kappa shape index (κ1) is 28.0. The summed E-state index contributed by atoms with van der Waals surface area (Å²) in [6.45, 7) is 5.26. The lowest BCUT2D eigenvalue weighted by Crippen LogP contribution is -2.42. The van der Waals surface area contributed by atoms with Crippen molar-refractivity contribution >= 4 is 53.5 Å². The van der Waals surface area contributed by atoms with Gasteiger partial charge < -0.3 is 5.32 Å². The van der Waals surface area contributed by atoms with Crippen LogP contribution in [0.15, 0.2) is 86.6 Å². The van der Waals surface area contributed by atoms with Gasteiger partial charge in [0, 0.05) is 33.6 Å². The van der Waals surface area contributed by atoms with E-state index in [0.29, 0.717) is 43.5 Å². The highest BCUT2D eigenvalue weighted by Crippen LogP contribution is 2.28. The molecule has 1 heterocycles. The van der Waals surface area contributed by atoms with Crippen molar-refractivity contribution in [2.24, 2.45) is 17.8 Å². The van der Waals surface area contributed by atoms with Gasteiger partial charge in [-0.25, -0.2) is 8.42 Å². The Morgan fingerprint density at radius 2 is 1.35 bits per heavy atom. The second-order valence-electron chi connectivity index (χ2n) is 10.1. The maximum absolute atomic E-state index is 13.5. The third-order valence-corrected chi connectivity index (χ3v) is 10.2. The van der Waals surface area contributed by atoms with Gasteiger partial charge in [0.15, 0.2) is 0 Å². The Morgan fingerprint density at radius 3 is 1.84 bits per heavy atom. The van der Waals surface area contributed by atoms with E-state index >= 15 is 0 Å². The van der Waals surface area contributed by atoms with Crippen LogP contribution in [0.1, 0.15) is 31.4 Å². The molecule has 0 radical (unpaired) electrons. The lowest BCUT2D eigenvalue weighted by Gasteiger charge is -2.34. The minimum atomic E-state index is -3.57. The average Bonchev–Trinajstić information content (AvgIpc) is 2.86. The van der Waals surface area contributed by atoms with E-state index in [0.717, 1.165) is 26.5 Å². The molecule has 1 fully saturated rings. The van der Waals surface area contributed by atoms with E-state index in [1.54, 1.807) is 28.6 Å². The smallest absolute Gasteiger partial charge is 0.243 e. The molecule has 37 heavy (non-hydrogen) atoms. The molecule has 1 aliphatic rings. The van der Waals surface area contributed by atoms with Crippen LogP contribution in [-0.4, -0.2) is 31.7 Å². The van der Waals surface area contributed by atoms with Crippen molar-refractivity contribution in [3.63, 3.8) is 0 Å². The number of carbonyl (C=O) groups excluding carboxylic acids is 1. The number of nitrogens with one attached hydrogen (secondary N) is 1. The molecule has 0 aromatic heterocycles. The molecule has 1 N–H and O–H groups in total. The van der Waals surface area contributed by atoms with Crippen LogP contribution in [-0.2, 0) is 27.7 Å². The number of carbonyl (C=O) groups is 1. The molecule has 3 aromatic rings. The quantitative estimate of drug-likeness (QED) is 0.289. The number of hydrogen-bond donors (Lipinski definition) is 1. The Kier molecular flexibility index (Phi) is 9.27. The van der Waals surface area contributed by atoms with Gasteiger partial charge in [0.2, 0.25) is 15.9 Å². The molecule has 1 aliphatic heterocycles. The molecule has 0 aliphatic carbocycles. The summed E-state index contributed by atoms with van der Waals surface area (Å²) in [5, 5.41) is 3.02. The third kappa shape index (κ3) is 7.11. The first-order valence-electron chi connectivity index (χ1n) is 12.5. The Hall–Kier alpha value is -2.00. The molecule has 8 heteroatoms. The fraction of sp³-hybridized carbons (Fsp3) is 0.345. The molecule has 2 unspecified atom stereocenters. The summed E-state index contributed by atoms with van der Waals surface area (Å²) in [5.41, 5.74) is 2.69. The van der Waals surface area contributed by atoms with Crippen LogP contribution in [0.5, 0.6) is 0 Å². The summed E-state index contributed by atoms with van der Waals surface area (Å²) in [5.74, 6) is 0.240. The van der Waals surface area contributed by atoms with Crippen LogP contribution < -0.4 is 5.32 Å². The molecule has 0 bridgehead atoms. The van der Waals surface area contributed by atoms with E-state index in [2.05, 4.69) is 51.0 Å². The standard InChI is InChI=1S/C29H32Br2N2O3S/c1-20-15-21(2)19-33(18-20)37(35,36)26-13-11-25(12-14-26)32-29(34)24(16-22-7-3-5-9-27(22)30)17-23-8-4-6-10-28(23)31/h3-14,20-21,24H,15-19H2,1-2H3,(H,32,34). The topological polar surface area (TPSA) is 66.5 Å². The van der Waals surface area contributed by atoms with Gasteiger partial charge in [-0.3, -0.25) is 4.79 Å². The predicted molar refractivity (Wildman–Crippen MR) is 156 cm³/mol. The van der Waals surface area contributed by atoms with E-state index in [-0.39, 0.29) is 16.7 Å². The van der Waals surface area contributed by atoms with Gasteiger partial charge in [0.05, 0.1) is 4.90 Å². The summed E-state index contributed by atoms with van der Waals surface area (Å²) in [4.78, 5) is 13.7. The van der Waals surface area contributed by atoms with Gasteiger partial charge in [0.1, 0.15) is 0 Å². The fourth-order valence-corrected chi connectivity index (χ4v) is 7.59. The number of hydrogen-bond acceptors (Lipinski definition) is 3. The van der Waals surface area contributed by atoms with Crippen molar-refractivity contribution in [2.75, 3.05) is 18.4 Å². The second-order valence-corrected chi connectivity index (χ2v) is 13.7. The SMILES string of the molecule is CC1CC(C)CN(S(=O)(=O)c2ccc(NC(=O)C(Cc3ccccc3Br)Cc3ccccc3Br)cc2)C1. The monoisotopic (exact) mass is 646 g/mol. The maximum atomic E-state index is 13.5. The van der Waals surface area contributed by atoms with Crippen molar-refractivity contribution in [2.45, 2.75) is 38.0 Å². The minimum Gasteiger partial charge on any atom is -0.326 e. The molecule has 5 nitrogen and oxygen atoms in total. The molecule has 0 spiro atoms. The first-order chi connectivity index (χ1) is 17.6. The molecule has 2 atom stereocenters. The number of rotatable bonds is 8. The lowest BCUT2D eigenvalue weighted by molar-refractivity contribution is -0.119. The zero-order valence-corrected chi connectivity index (χ0v) is 25.0. The van der Waals surface area contributed by atoms with Gasteiger partial charge in [0.25, 0.3) is 0 Å². The van der Waals surface area contributed by atoms with Crippen LogP contribution >= 0.6 is 31.9 Å². The summed E-state index contributed by atoms with van der Waals surface area (Å²) in [6, 6.07) is 22.4. The highest BCUT2D eigenvalue weighted by atomic mass is 79.9. The van der Waals surface area contributed by atoms with Crippen LogP contribution in [0.25, 0.3) is 0 Å². The van der Waals surface area contributed by atoms with Gasteiger partial charge in [-0.1, -0.05) is 82.1 Å². The van der Waals surface area contributed by atoms with Crippen LogP contribution in [0.4, 0.5) is 5.69 Å². The highest BCUT2D eigenvalue weighted by Gasteiger charge is 2.31. The van der Waals surface area contributed by atoms with Gasteiger partial charge >= 0.3 is 0 Å². The lowest BCUT2D eigenvalue weighted by atomic mass is 9.91. The van der Waals surface area contributed by atoms with E-state index in [1.165, 1.54) is 0 Å². The van der Waals surface area contributed by atoms with Crippen molar-refractivity contribution in [3.05, 3.63) is 92.9 Å². The minimum absolute atomic E-state index is 0.110. The molecular weight excluding hydrogens is 616 g/mol. The molecule has 1 saturated heterocycles. The number of piperidine rings is 1. The molecule has 0 saturated carbocycles. The molecule has 196 valence electrons. The number of nitrogens with zero attached hydrogens (tertiary/aromatic N) is 1. The van der Waals surface area contributed by atoms with E-state index in [9.17, 15) is 13.2 Å². The average molecular weight is 648 g/mol. The van der Waals surface area contributed by atoms with Gasteiger partial charge in [-0.05, 0) is 78.6 Å². The Labute approximate surface area is 237 Å². The third-order valence-electron chi connectivity index (χ3n) is 6.81. The largest absolute Gasteiger partial charge is 0.326 e. The summed E-state index contributed by atoms with van der Waals surface area (Å²) >= 11 is 7.21. The Morgan fingerprint density at radius 1 is 0.865 bits per heavy atom. The normalized spacial score (nSPS) is 18.6. The van der Waals surface area contributed by atoms with Crippen LogP contribution in [0.3, 0.4) is 0 Å². The summed E-state index contributed by atoms with van der Waals surface area (Å²) < 4.78 is 30.0. The molecule has 1 amide bonds. The van der Waals surface area contributed by atoms with Crippen molar-refractivity contribution in [1.29, 1.82) is 0 Å². The number of anilines is 1. The van der Waals surface area contributed by atoms with Crippen molar-refractivity contribution in [1.82, 2.24) is 4.31 Å². The van der Waals surface area contributed by atoms with E-state index < -0.39 is 10.0 Å². The van der Waals surface area contributed by atoms with Crippen LogP contribution in [0.2, 0.25) is 0 Å². The number of sulfonamides is 1. The molecule has 3 aromatic carbocycles. The first-order valence-corrected chi connectivity index (χ1v) is 15.5. The van der Waals surface area contributed by atoms with Gasteiger partial charge in [-0.2, -0.15) is 4.31 Å². The molecular formula is C29H32Br2N2O3S. The fourth-order valence-electron chi connectivity index (χ4n) is 5.02.